The van der Waals surface area contributed by atoms with Crippen molar-refractivity contribution in [2.45, 2.75) is 159 Å². The Hall–Kier alpha value is -2.56. The number of aryl methyl sites for hydroxylation is 1. The van der Waals surface area contributed by atoms with Gasteiger partial charge in [0.15, 0.2) is 5.78 Å². The van der Waals surface area contributed by atoms with Gasteiger partial charge in [-0.05, 0) is 141 Å². The molecule has 1 aromatic carbocycles. The third-order valence-electron chi connectivity index (χ3n) is 18.6. The molecule has 7 fully saturated rings. The fourth-order valence-corrected chi connectivity index (χ4v) is 15.6. The minimum atomic E-state index is -1.40. The van der Waals surface area contributed by atoms with Gasteiger partial charge in [-0.2, -0.15) is 0 Å². The van der Waals surface area contributed by atoms with Crippen molar-refractivity contribution in [3.8, 4) is 5.75 Å². The number of rotatable bonds is 7. The smallest absolute Gasteiger partial charge is 0.233 e. The first-order valence-electron chi connectivity index (χ1n) is 22.7. The summed E-state index contributed by atoms with van der Waals surface area (Å²) in [4.78, 5) is 30.4. The van der Waals surface area contributed by atoms with Gasteiger partial charge in [-0.3, -0.25) is 9.59 Å². The van der Waals surface area contributed by atoms with Crippen molar-refractivity contribution in [1.29, 1.82) is 0 Å². The van der Waals surface area contributed by atoms with Crippen molar-refractivity contribution in [3.63, 3.8) is 0 Å². The highest BCUT2D eigenvalue weighted by atomic mass is 16.6. The number of phenols is 1. The Labute approximate surface area is 337 Å². The van der Waals surface area contributed by atoms with Crippen LogP contribution in [0.25, 0.3) is 0 Å². The molecule has 2 heterocycles. The zero-order valence-corrected chi connectivity index (χ0v) is 34.2. The normalized spacial score (nSPS) is 46.0. The number of anilines is 1. The standard InChI is InChI=1S/C48H65NO8/c1-27(2)28(3)41-42(57-41)47(55)16-7-9-30-23-34-35(25-36(51)39-33-10-8-15-45(34,39)26-37(52)40(33)53)48(56)18-12-38(47)46(30,48)17-11-29-21-31(24-32(50)22-29)49-20-19-44(43(49)54)13-5-4-6-14-44/h7,9,21-22,24-25,27-28,30,33-34,37-42,50,52-53,55-56H,4-6,8,10-20,23,26H2,1-3H3/t28-,30+,33-,34-,37+,38+,39-,40-,41-,42-,45+,46-,47+,48+/m1/s1. The quantitative estimate of drug-likeness (QED) is 0.154. The second-order valence-corrected chi connectivity index (χ2v) is 21.1. The van der Waals surface area contributed by atoms with Crippen LogP contribution in [0.5, 0.6) is 5.75 Å². The van der Waals surface area contributed by atoms with Crippen LogP contribution in [0.4, 0.5) is 5.69 Å². The van der Waals surface area contributed by atoms with Crippen LogP contribution in [-0.4, -0.2) is 79.4 Å². The number of fused-ring (bicyclic) bond motifs is 2. The second kappa shape index (κ2) is 13.2. The van der Waals surface area contributed by atoms with Crippen LogP contribution < -0.4 is 4.90 Å². The van der Waals surface area contributed by atoms with Gasteiger partial charge in [0, 0.05) is 35.5 Å². The Morgan fingerprint density at radius 1 is 0.947 bits per heavy atom. The fraction of sp³-hybridized carbons (Fsp3) is 0.750. The Kier molecular flexibility index (Phi) is 8.96. The molecule has 0 radical (unpaired) electrons. The van der Waals surface area contributed by atoms with Gasteiger partial charge in [0.1, 0.15) is 17.5 Å². The number of epoxide rings is 1. The molecule has 5 saturated carbocycles. The number of allylic oxidation sites excluding steroid dienone is 2. The molecule has 2 bridgehead atoms. The summed E-state index contributed by atoms with van der Waals surface area (Å²) >= 11 is 0. The highest BCUT2D eigenvalue weighted by Gasteiger charge is 2.76. The summed E-state index contributed by atoms with van der Waals surface area (Å²) in [6.45, 7) is 7.22. The van der Waals surface area contributed by atoms with Crippen molar-refractivity contribution >= 4 is 17.4 Å². The second-order valence-electron chi connectivity index (χ2n) is 21.1. The van der Waals surface area contributed by atoms with Crippen molar-refractivity contribution in [2.24, 2.45) is 57.7 Å². The van der Waals surface area contributed by atoms with E-state index < -0.39 is 34.2 Å². The number of hydrogen-bond acceptors (Lipinski definition) is 8. The van der Waals surface area contributed by atoms with Gasteiger partial charge < -0.3 is 35.2 Å². The van der Waals surface area contributed by atoms with E-state index in [2.05, 4.69) is 39.0 Å². The number of ether oxygens (including phenoxy) is 1. The van der Waals surface area contributed by atoms with Gasteiger partial charge in [0.2, 0.25) is 5.91 Å². The summed E-state index contributed by atoms with van der Waals surface area (Å²) in [5.74, 6) is -0.339. The molecular weight excluding hydrogens is 719 g/mol. The summed E-state index contributed by atoms with van der Waals surface area (Å²) in [7, 11) is 0. The fourth-order valence-electron chi connectivity index (χ4n) is 15.6. The number of hydrogen-bond donors (Lipinski definition) is 5. The SMILES string of the molecule is CC(C)[C@@H](C)[C@H]1O[C@H]1[C@]1(O)CC=C[C@H]2C[C@@H]3C(=CC(=O)[C@H]4[C@H]5CCC[C@]34C[C@H](O)[C@@H]5O)[C@@]3(O)CC[C@H]1[C@@]23CCc1cc(O)cc(N2CCC3(CCCCC3)C2=O)c1. The Morgan fingerprint density at radius 2 is 1.74 bits per heavy atom. The number of carbonyl (C=O) groups is 2. The number of aromatic hydroxyl groups is 1. The number of aliphatic hydroxyl groups is 4. The van der Waals surface area contributed by atoms with Crippen LogP contribution in [0.3, 0.4) is 0 Å². The molecule has 1 spiro atoms. The maximum absolute atomic E-state index is 14.5. The van der Waals surface area contributed by atoms with Crippen LogP contribution >= 0.6 is 0 Å². The summed E-state index contributed by atoms with van der Waals surface area (Å²) in [5, 5.41) is 60.7. The summed E-state index contributed by atoms with van der Waals surface area (Å²) in [6.07, 6.45) is 15.8. The summed E-state index contributed by atoms with van der Waals surface area (Å²) < 4.78 is 6.47. The molecular formula is C48H65NO8. The van der Waals surface area contributed by atoms with Gasteiger partial charge in [0.25, 0.3) is 0 Å². The Balaban J connectivity index is 1.05. The van der Waals surface area contributed by atoms with Crippen molar-refractivity contribution in [3.05, 3.63) is 47.6 Å². The van der Waals surface area contributed by atoms with Gasteiger partial charge in [-0.1, -0.05) is 58.6 Å². The van der Waals surface area contributed by atoms with E-state index in [0.29, 0.717) is 63.8 Å². The maximum atomic E-state index is 14.5. The molecule has 2 aliphatic heterocycles. The zero-order chi connectivity index (χ0) is 39.9. The van der Waals surface area contributed by atoms with E-state index in [1.807, 2.05) is 4.90 Å². The molecule has 9 aliphatic rings. The number of ketones is 1. The number of carbonyl (C=O) groups excluding carboxylic acids is 2. The van der Waals surface area contributed by atoms with Gasteiger partial charge in [-0.25, -0.2) is 0 Å². The maximum Gasteiger partial charge on any atom is 0.233 e. The first-order valence-corrected chi connectivity index (χ1v) is 22.7. The van der Waals surface area contributed by atoms with E-state index in [9.17, 15) is 35.1 Å². The van der Waals surface area contributed by atoms with E-state index in [0.717, 1.165) is 61.8 Å². The zero-order valence-electron chi connectivity index (χ0n) is 34.2. The molecule has 310 valence electrons. The predicted molar refractivity (Wildman–Crippen MR) is 215 cm³/mol. The Bertz CT molecular complexity index is 1880. The van der Waals surface area contributed by atoms with Crippen molar-refractivity contribution in [2.75, 3.05) is 11.4 Å². The summed E-state index contributed by atoms with van der Waals surface area (Å²) in [6, 6.07) is 5.55. The highest BCUT2D eigenvalue weighted by molar-refractivity contribution is 6.00. The number of aliphatic hydroxyl groups excluding tert-OH is 2. The molecule has 5 N–H and O–H groups in total. The molecule has 9 nitrogen and oxygen atoms in total. The lowest BCUT2D eigenvalue weighted by Crippen LogP contribution is -2.68. The molecule has 57 heavy (non-hydrogen) atoms. The predicted octanol–water partition coefficient (Wildman–Crippen LogP) is 6.56. The lowest BCUT2D eigenvalue weighted by molar-refractivity contribution is -0.202. The molecule has 0 aromatic heterocycles. The number of benzene rings is 1. The lowest BCUT2D eigenvalue weighted by Gasteiger charge is -2.66. The number of phenolic OH excluding ortho intramolecular Hbond substituents is 1. The first kappa shape index (κ1) is 38.6. The minimum Gasteiger partial charge on any atom is -0.508 e. The molecule has 14 atom stereocenters. The Morgan fingerprint density at radius 3 is 2.51 bits per heavy atom. The lowest BCUT2D eigenvalue weighted by atomic mass is 9.39. The number of nitrogens with zero attached hydrogens (tertiary/aromatic N) is 1. The van der Waals surface area contributed by atoms with Gasteiger partial charge >= 0.3 is 0 Å². The van der Waals surface area contributed by atoms with Gasteiger partial charge in [0.05, 0.1) is 29.3 Å². The molecule has 7 aliphatic carbocycles. The molecule has 1 amide bonds. The molecule has 1 aromatic rings. The average molecular weight is 784 g/mol. The van der Waals surface area contributed by atoms with Crippen LogP contribution in [-0.2, 0) is 20.7 Å². The minimum absolute atomic E-state index is 0.0261. The largest absolute Gasteiger partial charge is 0.508 e. The molecule has 2 saturated heterocycles. The van der Waals surface area contributed by atoms with E-state index >= 15 is 0 Å². The van der Waals surface area contributed by atoms with E-state index in [1.165, 1.54) is 6.42 Å². The first-order chi connectivity index (χ1) is 27.2. The molecule has 9 heteroatoms. The monoisotopic (exact) mass is 783 g/mol. The summed E-state index contributed by atoms with van der Waals surface area (Å²) in [5.41, 5.74) is -1.90. The average Bonchev–Trinajstić information content (AvgIpc) is 3.87. The van der Waals surface area contributed by atoms with Crippen molar-refractivity contribution < 1.29 is 39.9 Å². The molecule has 10 rings (SSSR count). The van der Waals surface area contributed by atoms with Crippen LogP contribution in [0.1, 0.15) is 123 Å². The topological polar surface area (TPSA) is 151 Å². The molecule has 0 unspecified atom stereocenters. The third kappa shape index (κ3) is 5.29. The third-order valence-corrected chi connectivity index (χ3v) is 18.6. The van der Waals surface area contributed by atoms with Crippen LogP contribution in [0.15, 0.2) is 42.0 Å². The van der Waals surface area contributed by atoms with E-state index in [1.54, 1.807) is 18.2 Å². The van der Waals surface area contributed by atoms with Crippen molar-refractivity contribution in [1.82, 2.24) is 0 Å². The highest BCUT2D eigenvalue weighted by Crippen LogP contribution is 2.75. The van der Waals surface area contributed by atoms with Crippen LogP contribution in [0.2, 0.25) is 0 Å². The van der Waals surface area contributed by atoms with E-state index in [4.69, 9.17) is 4.74 Å². The van der Waals surface area contributed by atoms with E-state index in [-0.39, 0.29) is 70.6 Å². The number of amides is 1. The van der Waals surface area contributed by atoms with Crippen LogP contribution in [0, 0.1) is 57.7 Å². The van der Waals surface area contributed by atoms with Gasteiger partial charge in [-0.15, -0.1) is 0 Å².